The Kier molecular flexibility index (Phi) is 6.75. The Morgan fingerprint density at radius 1 is 1.41 bits per heavy atom. The van der Waals surface area contributed by atoms with E-state index in [2.05, 4.69) is 21.7 Å². The number of thioether (sulfide) groups is 1. The van der Waals surface area contributed by atoms with Crippen molar-refractivity contribution in [3.05, 3.63) is 68.3 Å². The lowest BCUT2D eigenvalue weighted by atomic mass is 9.81. The third-order valence-corrected chi connectivity index (χ3v) is 6.32. The Bertz CT molecular complexity index is 1050. The minimum absolute atomic E-state index is 0.0883. The number of allylic oxidation sites excluding steroid dienone is 3. The first-order valence-electron chi connectivity index (χ1n) is 8.62. The molecule has 2 aromatic rings. The Balaban J connectivity index is 1.92. The molecule has 0 saturated carbocycles. The first kappa shape index (κ1) is 21.1. The molecule has 3 rings (SSSR count). The van der Waals surface area contributed by atoms with Gasteiger partial charge in [0, 0.05) is 27.9 Å². The summed E-state index contributed by atoms with van der Waals surface area (Å²) >= 11 is 8.92. The van der Waals surface area contributed by atoms with E-state index in [0.717, 1.165) is 0 Å². The van der Waals surface area contributed by atoms with E-state index >= 15 is 0 Å². The Morgan fingerprint density at radius 3 is 2.79 bits per heavy atom. The highest BCUT2D eigenvalue weighted by atomic mass is 35.5. The van der Waals surface area contributed by atoms with Crippen molar-refractivity contribution in [1.82, 2.24) is 10.3 Å². The third kappa shape index (κ3) is 4.70. The number of nitrogens with one attached hydrogen (secondary N) is 2. The SMILES string of the molecule is CC(=O)C1=C(C)NC(SCC(=O)Nc2nccs2)=C(C#N)[C@H]1c1ccccc1Cl. The molecule has 0 fully saturated rings. The van der Waals surface area contributed by atoms with Crippen LogP contribution in [0, 0.1) is 11.3 Å². The maximum Gasteiger partial charge on any atom is 0.236 e. The molecule has 1 aliphatic rings. The van der Waals surface area contributed by atoms with Crippen LogP contribution in [-0.2, 0) is 9.59 Å². The Hall–Kier alpha value is -2.60. The van der Waals surface area contributed by atoms with Crippen LogP contribution in [0.25, 0.3) is 0 Å². The van der Waals surface area contributed by atoms with E-state index in [1.165, 1.54) is 30.0 Å². The number of hydrogen-bond acceptors (Lipinski definition) is 7. The molecule has 0 radical (unpaired) electrons. The van der Waals surface area contributed by atoms with E-state index in [1.54, 1.807) is 30.6 Å². The number of carbonyl (C=O) groups excluding carboxylic acids is 2. The van der Waals surface area contributed by atoms with E-state index in [9.17, 15) is 14.9 Å². The molecular formula is C20H17ClN4O2S2. The number of dihydropyridines is 1. The van der Waals surface area contributed by atoms with Crippen LogP contribution in [-0.4, -0.2) is 22.4 Å². The second-order valence-electron chi connectivity index (χ2n) is 6.20. The molecule has 0 bridgehead atoms. The molecule has 2 N–H and O–H groups in total. The molecular weight excluding hydrogens is 428 g/mol. The fraction of sp³-hybridized carbons (Fsp3) is 0.200. The summed E-state index contributed by atoms with van der Waals surface area (Å²) in [4.78, 5) is 28.6. The van der Waals surface area contributed by atoms with Crippen molar-refractivity contribution in [2.45, 2.75) is 19.8 Å². The minimum Gasteiger partial charge on any atom is -0.353 e. The summed E-state index contributed by atoms with van der Waals surface area (Å²) in [5.41, 5.74) is 2.18. The number of nitriles is 1. The van der Waals surface area contributed by atoms with Crippen molar-refractivity contribution < 1.29 is 9.59 Å². The predicted octanol–water partition coefficient (Wildman–Crippen LogP) is 4.45. The van der Waals surface area contributed by atoms with Crippen LogP contribution in [0.3, 0.4) is 0 Å². The molecule has 0 saturated heterocycles. The van der Waals surface area contributed by atoms with Gasteiger partial charge in [0.1, 0.15) is 0 Å². The maximum atomic E-state index is 12.4. The highest BCUT2D eigenvalue weighted by molar-refractivity contribution is 8.03. The number of amides is 1. The van der Waals surface area contributed by atoms with Crippen molar-refractivity contribution in [2.75, 3.05) is 11.1 Å². The van der Waals surface area contributed by atoms with Gasteiger partial charge >= 0.3 is 0 Å². The number of benzene rings is 1. The van der Waals surface area contributed by atoms with Gasteiger partial charge in [-0.05, 0) is 25.5 Å². The van der Waals surface area contributed by atoms with Crippen molar-refractivity contribution in [3.8, 4) is 6.07 Å². The van der Waals surface area contributed by atoms with Crippen LogP contribution in [0.2, 0.25) is 5.02 Å². The van der Waals surface area contributed by atoms with Crippen LogP contribution >= 0.6 is 34.7 Å². The summed E-state index contributed by atoms with van der Waals surface area (Å²) in [6.45, 7) is 3.25. The van der Waals surface area contributed by atoms with Gasteiger partial charge < -0.3 is 10.6 Å². The molecule has 148 valence electrons. The van der Waals surface area contributed by atoms with Gasteiger partial charge in [-0.25, -0.2) is 4.98 Å². The number of hydrogen-bond donors (Lipinski definition) is 2. The van der Waals surface area contributed by atoms with E-state index in [1.807, 2.05) is 12.1 Å². The highest BCUT2D eigenvalue weighted by Gasteiger charge is 2.34. The molecule has 1 aromatic heterocycles. The average molecular weight is 445 g/mol. The maximum absolute atomic E-state index is 12.4. The van der Waals surface area contributed by atoms with Crippen LogP contribution in [0.5, 0.6) is 0 Å². The predicted molar refractivity (Wildman–Crippen MR) is 117 cm³/mol. The number of aromatic nitrogens is 1. The first-order valence-corrected chi connectivity index (χ1v) is 10.9. The highest BCUT2D eigenvalue weighted by Crippen LogP contribution is 2.42. The number of rotatable bonds is 6. The number of halogens is 1. The largest absolute Gasteiger partial charge is 0.353 e. The number of thiazole rings is 1. The van der Waals surface area contributed by atoms with Gasteiger partial charge in [0.05, 0.1) is 28.3 Å². The molecule has 1 amide bonds. The smallest absolute Gasteiger partial charge is 0.236 e. The lowest BCUT2D eigenvalue weighted by molar-refractivity contribution is -0.114. The summed E-state index contributed by atoms with van der Waals surface area (Å²) in [7, 11) is 0. The third-order valence-electron chi connectivity index (χ3n) is 4.27. The van der Waals surface area contributed by atoms with Gasteiger partial charge in [0.15, 0.2) is 10.9 Å². The van der Waals surface area contributed by atoms with Crippen molar-refractivity contribution in [1.29, 1.82) is 5.26 Å². The van der Waals surface area contributed by atoms with E-state index < -0.39 is 5.92 Å². The zero-order chi connectivity index (χ0) is 21.0. The normalized spacial score (nSPS) is 16.3. The molecule has 0 unspecified atom stereocenters. The van der Waals surface area contributed by atoms with Gasteiger partial charge in [-0.2, -0.15) is 5.26 Å². The first-order chi connectivity index (χ1) is 13.9. The zero-order valence-corrected chi connectivity index (χ0v) is 18.0. The van der Waals surface area contributed by atoms with Crippen molar-refractivity contribution >= 4 is 51.5 Å². The summed E-state index contributed by atoms with van der Waals surface area (Å²) in [5, 5.41) is 19.0. The van der Waals surface area contributed by atoms with E-state index in [-0.39, 0.29) is 17.4 Å². The van der Waals surface area contributed by atoms with Crippen molar-refractivity contribution in [2.24, 2.45) is 0 Å². The van der Waals surface area contributed by atoms with Crippen LogP contribution < -0.4 is 10.6 Å². The Labute approximate surface area is 181 Å². The van der Waals surface area contributed by atoms with Crippen LogP contribution in [0.15, 0.2) is 57.7 Å². The van der Waals surface area contributed by atoms with Gasteiger partial charge in [0.25, 0.3) is 0 Å². The van der Waals surface area contributed by atoms with Gasteiger partial charge in [-0.15, -0.1) is 11.3 Å². The second-order valence-corrected chi connectivity index (χ2v) is 8.49. The summed E-state index contributed by atoms with van der Waals surface area (Å²) in [5.74, 6) is -0.870. The number of nitrogens with zero attached hydrogens (tertiary/aromatic N) is 2. The molecule has 0 aliphatic carbocycles. The quantitative estimate of drug-likeness (QED) is 0.683. The molecule has 2 heterocycles. The van der Waals surface area contributed by atoms with Crippen molar-refractivity contribution in [3.63, 3.8) is 0 Å². The topological polar surface area (TPSA) is 94.9 Å². The monoisotopic (exact) mass is 444 g/mol. The summed E-state index contributed by atoms with van der Waals surface area (Å²) < 4.78 is 0. The summed E-state index contributed by atoms with van der Waals surface area (Å²) in [6, 6.07) is 9.37. The molecule has 9 heteroatoms. The molecule has 1 aromatic carbocycles. The number of carbonyl (C=O) groups is 2. The fourth-order valence-corrected chi connectivity index (χ4v) is 4.77. The number of anilines is 1. The van der Waals surface area contributed by atoms with E-state index in [4.69, 9.17) is 11.6 Å². The summed E-state index contributed by atoms with van der Waals surface area (Å²) in [6.07, 6.45) is 1.61. The molecule has 1 atom stereocenters. The second kappa shape index (κ2) is 9.27. The molecule has 6 nitrogen and oxygen atoms in total. The molecule has 1 aliphatic heterocycles. The van der Waals surface area contributed by atoms with E-state index in [0.29, 0.717) is 37.6 Å². The fourth-order valence-electron chi connectivity index (χ4n) is 3.09. The standard InChI is InChI=1S/C20H17ClN4O2S2/c1-11-17(12(2)26)18(13-5-3-4-6-15(13)21)14(9-22)19(24-11)29-10-16(27)25-20-23-7-8-28-20/h3-8,18,24H,10H2,1-2H3,(H,23,25,27)/t18-/m1/s1. The van der Waals surface area contributed by atoms with Gasteiger partial charge in [0.2, 0.25) is 5.91 Å². The minimum atomic E-state index is -0.586. The van der Waals surface area contributed by atoms with Crippen LogP contribution in [0.1, 0.15) is 25.3 Å². The molecule has 29 heavy (non-hydrogen) atoms. The van der Waals surface area contributed by atoms with Crippen LogP contribution in [0.4, 0.5) is 5.13 Å². The lowest BCUT2D eigenvalue weighted by Gasteiger charge is -2.29. The average Bonchev–Trinajstić information content (AvgIpc) is 3.18. The number of ketones is 1. The Morgan fingerprint density at radius 2 is 2.17 bits per heavy atom. The number of Topliss-reactive ketones (excluding diaryl/α,β-unsaturated/α-hetero) is 1. The van der Waals surface area contributed by atoms with Gasteiger partial charge in [-0.3, -0.25) is 9.59 Å². The van der Waals surface area contributed by atoms with Gasteiger partial charge in [-0.1, -0.05) is 41.6 Å². The molecule has 0 spiro atoms. The zero-order valence-electron chi connectivity index (χ0n) is 15.7. The lowest BCUT2D eigenvalue weighted by Crippen LogP contribution is -2.28.